The molecule has 2 aromatic rings. The van der Waals surface area contributed by atoms with Gasteiger partial charge in [-0.25, -0.2) is 0 Å². The Hall–Kier alpha value is -2.41. The van der Waals surface area contributed by atoms with Crippen LogP contribution >= 0.6 is 15.9 Å². The van der Waals surface area contributed by atoms with Crippen LogP contribution < -0.4 is 5.11 Å². The van der Waals surface area contributed by atoms with E-state index in [0.29, 0.717) is 5.56 Å². The van der Waals surface area contributed by atoms with Crippen molar-refractivity contribution >= 4 is 33.5 Å². The minimum Gasteiger partial charge on any atom is -0.871 e. The molecule has 0 fully saturated rings. The highest BCUT2D eigenvalue weighted by Gasteiger charge is 2.13. The van der Waals surface area contributed by atoms with E-state index >= 15 is 0 Å². The van der Waals surface area contributed by atoms with Crippen molar-refractivity contribution in [1.29, 1.82) is 0 Å². The number of aromatic hydroxyl groups is 1. The Morgan fingerprint density at radius 1 is 1.27 bits per heavy atom. The zero-order chi connectivity index (χ0) is 16.4. The van der Waals surface area contributed by atoms with Crippen LogP contribution in [0.3, 0.4) is 0 Å². The summed E-state index contributed by atoms with van der Waals surface area (Å²) in [6, 6.07) is 5.76. The van der Waals surface area contributed by atoms with E-state index in [2.05, 4.69) is 20.9 Å². The zero-order valence-corrected chi connectivity index (χ0v) is 13.4. The first-order valence-corrected chi connectivity index (χ1v) is 7.08. The molecule has 0 aliphatic rings. The number of phenols is 1. The average molecular weight is 364 g/mol. The molecule has 6 nitrogen and oxygen atoms in total. The molecular weight excluding hydrogens is 352 g/mol. The van der Waals surface area contributed by atoms with Gasteiger partial charge in [0, 0.05) is 23.9 Å². The second kappa shape index (κ2) is 6.15. The normalized spacial score (nSPS) is 11.0. The molecule has 0 radical (unpaired) electrons. The topological polar surface area (TPSA) is 98.8 Å². The molecular formula is C15H12BrN2O4-. The van der Waals surface area contributed by atoms with Gasteiger partial charge in [0.1, 0.15) is 5.75 Å². The van der Waals surface area contributed by atoms with Gasteiger partial charge in [-0.3, -0.25) is 15.1 Å². The SMILES string of the molecule is Cc1cc(C)c([O-])c(N=Cc2cc([N+](=O)[O-])cc(Br)c2O)c1. The summed E-state index contributed by atoms with van der Waals surface area (Å²) < 4.78 is 0.186. The van der Waals surface area contributed by atoms with E-state index in [1.807, 2.05) is 6.92 Å². The number of non-ortho nitro benzene ring substituents is 1. The quantitative estimate of drug-likeness (QED) is 0.512. The van der Waals surface area contributed by atoms with Gasteiger partial charge >= 0.3 is 0 Å². The molecule has 7 heteroatoms. The number of hydrogen-bond acceptors (Lipinski definition) is 5. The molecule has 0 amide bonds. The van der Waals surface area contributed by atoms with Gasteiger partial charge in [-0.1, -0.05) is 17.4 Å². The molecule has 22 heavy (non-hydrogen) atoms. The van der Waals surface area contributed by atoms with Crippen LogP contribution in [-0.4, -0.2) is 16.2 Å². The van der Waals surface area contributed by atoms with Crippen LogP contribution in [0.15, 0.2) is 33.7 Å². The molecule has 1 N–H and O–H groups in total. The number of hydrogen-bond donors (Lipinski definition) is 1. The average Bonchev–Trinajstić information content (AvgIpc) is 2.44. The lowest BCUT2D eigenvalue weighted by atomic mass is 10.1. The summed E-state index contributed by atoms with van der Waals surface area (Å²) in [6.07, 6.45) is 1.24. The maximum absolute atomic E-state index is 12.0. The minimum absolute atomic E-state index is 0.152. The monoisotopic (exact) mass is 363 g/mol. The number of nitro benzene ring substituents is 1. The Bertz CT molecular complexity index is 788. The molecule has 2 rings (SSSR count). The van der Waals surface area contributed by atoms with Gasteiger partial charge in [-0.2, -0.15) is 0 Å². The summed E-state index contributed by atoms with van der Waals surface area (Å²) in [6.45, 7) is 3.53. The van der Waals surface area contributed by atoms with Crippen molar-refractivity contribution in [2.45, 2.75) is 13.8 Å². The van der Waals surface area contributed by atoms with Gasteiger partial charge in [-0.05, 0) is 41.4 Å². The van der Waals surface area contributed by atoms with Crippen molar-refractivity contribution in [3.63, 3.8) is 0 Å². The highest BCUT2D eigenvalue weighted by molar-refractivity contribution is 9.10. The lowest BCUT2D eigenvalue weighted by Crippen LogP contribution is -1.95. The van der Waals surface area contributed by atoms with Crippen LogP contribution in [-0.2, 0) is 0 Å². The van der Waals surface area contributed by atoms with Gasteiger partial charge in [-0.15, -0.1) is 0 Å². The van der Waals surface area contributed by atoms with E-state index in [9.17, 15) is 20.3 Å². The largest absolute Gasteiger partial charge is 0.871 e. The summed E-state index contributed by atoms with van der Waals surface area (Å²) in [4.78, 5) is 14.3. The predicted molar refractivity (Wildman–Crippen MR) is 85.1 cm³/mol. The van der Waals surface area contributed by atoms with E-state index in [4.69, 9.17) is 0 Å². The fourth-order valence-electron chi connectivity index (χ4n) is 1.98. The first kappa shape index (κ1) is 16.0. The number of phenolic OH excluding ortho intramolecular Hbond substituents is 1. The lowest BCUT2D eigenvalue weighted by molar-refractivity contribution is -0.385. The summed E-state index contributed by atoms with van der Waals surface area (Å²) in [7, 11) is 0. The van der Waals surface area contributed by atoms with Crippen molar-refractivity contribution in [3.05, 3.63) is 55.5 Å². The molecule has 0 atom stereocenters. The number of benzene rings is 2. The van der Waals surface area contributed by atoms with E-state index in [1.54, 1.807) is 19.1 Å². The van der Waals surface area contributed by atoms with E-state index < -0.39 is 4.92 Å². The second-order valence-electron chi connectivity index (χ2n) is 4.81. The number of aryl methyl sites for hydroxylation is 2. The summed E-state index contributed by atoms with van der Waals surface area (Å²) in [5.74, 6) is -0.392. The summed E-state index contributed by atoms with van der Waals surface area (Å²) in [5, 5.41) is 32.7. The Balaban J connectivity index is 2.49. The molecule has 0 aliphatic carbocycles. The van der Waals surface area contributed by atoms with Crippen molar-refractivity contribution in [1.82, 2.24) is 0 Å². The standard InChI is InChI=1S/C15H13BrN2O4/c1-8-3-9(2)14(19)13(4-8)17-7-10-5-11(18(21)22)6-12(16)15(10)20/h3-7,19-20H,1-2H3/p-1. The van der Waals surface area contributed by atoms with Gasteiger partial charge in [0.15, 0.2) is 0 Å². The van der Waals surface area contributed by atoms with Gasteiger partial charge < -0.3 is 10.2 Å². The van der Waals surface area contributed by atoms with Crippen LogP contribution in [0.2, 0.25) is 0 Å². The van der Waals surface area contributed by atoms with Crippen LogP contribution in [0.4, 0.5) is 11.4 Å². The predicted octanol–water partition coefficient (Wildman–Crippen LogP) is 3.50. The number of nitro groups is 1. The number of rotatable bonds is 3. The van der Waals surface area contributed by atoms with Gasteiger partial charge in [0.2, 0.25) is 0 Å². The van der Waals surface area contributed by atoms with E-state index in [0.717, 1.165) is 5.56 Å². The molecule has 0 spiro atoms. The number of aliphatic imine (C=N–C) groups is 1. The summed E-state index contributed by atoms with van der Waals surface area (Å²) in [5.41, 5.74) is 1.64. The van der Waals surface area contributed by atoms with E-state index in [-0.39, 0.29) is 32.9 Å². The maximum atomic E-state index is 12.0. The van der Waals surface area contributed by atoms with Crippen molar-refractivity contribution in [2.75, 3.05) is 0 Å². The number of nitrogens with zero attached hydrogens (tertiary/aromatic N) is 2. The van der Waals surface area contributed by atoms with Gasteiger partial charge in [0.25, 0.3) is 5.69 Å². The third-order valence-corrected chi connectivity index (χ3v) is 3.64. The number of halogens is 1. The zero-order valence-electron chi connectivity index (χ0n) is 11.8. The molecule has 0 saturated heterocycles. The van der Waals surface area contributed by atoms with Crippen molar-refractivity contribution < 1.29 is 15.1 Å². The molecule has 114 valence electrons. The highest BCUT2D eigenvalue weighted by atomic mass is 79.9. The molecule has 0 aromatic heterocycles. The maximum Gasteiger partial charge on any atom is 0.271 e. The Labute approximate surface area is 135 Å². The van der Waals surface area contributed by atoms with Crippen LogP contribution in [0.1, 0.15) is 16.7 Å². The fraction of sp³-hybridized carbons (Fsp3) is 0.133. The van der Waals surface area contributed by atoms with Crippen molar-refractivity contribution in [3.8, 4) is 11.5 Å². The van der Waals surface area contributed by atoms with Crippen LogP contribution in [0.5, 0.6) is 11.5 Å². The lowest BCUT2D eigenvalue weighted by Gasteiger charge is -2.14. The molecule has 0 saturated carbocycles. The van der Waals surface area contributed by atoms with Crippen LogP contribution in [0, 0.1) is 24.0 Å². The fourth-order valence-corrected chi connectivity index (χ4v) is 2.44. The van der Waals surface area contributed by atoms with Crippen molar-refractivity contribution in [2.24, 2.45) is 4.99 Å². The van der Waals surface area contributed by atoms with E-state index in [1.165, 1.54) is 18.3 Å². The molecule has 0 bridgehead atoms. The molecule has 2 aromatic carbocycles. The second-order valence-corrected chi connectivity index (χ2v) is 5.67. The Kier molecular flexibility index (Phi) is 4.46. The smallest absolute Gasteiger partial charge is 0.271 e. The van der Waals surface area contributed by atoms with Gasteiger partial charge in [0.05, 0.1) is 15.1 Å². The first-order valence-electron chi connectivity index (χ1n) is 6.29. The third-order valence-electron chi connectivity index (χ3n) is 3.03. The van der Waals surface area contributed by atoms with Crippen LogP contribution in [0.25, 0.3) is 0 Å². The Morgan fingerprint density at radius 2 is 1.95 bits per heavy atom. The summed E-state index contributed by atoms with van der Waals surface area (Å²) >= 11 is 3.05. The third kappa shape index (κ3) is 3.25. The minimum atomic E-state index is -0.572. The molecule has 0 unspecified atom stereocenters. The Morgan fingerprint density at radius 3 is 2.59 bits per heavy atom. The highest BCUT2D eigenvalue weighted by Crippen LogP contribution is 2.33. The molecule has 0 heterocycles. The first-order chi connectivity index (χ1) is 10.3. The molecule has 0 aliphatic heterocycles.